The first-order valence-corrected chi connectivity index (χ1v) is 4.85. The van der Waals surface area contributed by atoms with Crippen LogP contribution in [0, 0.1) is 0 Å². The minimum Gasteiger partial charge on any atom is -0.298 e. The van der Waals surface area contributed by atoms with Gasteiger partial charge in [0.25, 0.3) is 0 Å². The Kier molecular flexibility index (Phi) is 2.79. The Morgan fingerprint density at radius 2 is 2.07 bits per heavy atom. The second kappa shape index (κ2) is 4.24. The topological polar surface area (TPSA) is 30.0 Å². The molecule has 0 N–H and O–H groups in total. The second-order valence-electron chi connectivity index (χ2n) is 3.07. The van der Waals surface area contributed by atoms with Gasteiger partial charge in [-0.05, 0) is 24.3 Å². The maximum Gasteiger partial charge on any atom is 0.152 e. The number of benzene rings is 1. The van der Waals surface area contributed by atoms with Gasteiger partial charge in [-0.1, -0.05) is 23.7 Å². The Labute approximate surface area is 92.5 Å². The van der Waals surface area contributed by atoms with Gasteiger partial charge in [0, 0.05) is 22.3 Å². The maximum atomic E-state index is 10.8. The van der Waals surface area contributed by atoms with Gasteiger partial charge in [-0.25, -0.2) is 0 Å². The van der Waals surface area contributed by atoms with Gasteiger partial charge >= 0.3 is 0 Å². The monoisotopic (exact) mass is 217 g/mol. The summed E-state index contributed by atoms with van der Waals surface area (Å²) in [5.41, 5.74) is 2.08. The van der Waals surface area contributed by atoms with Crippen LogP contribution in [0.2, 0.25) is 5.02 Å². The Balaban J connectivity index is 2.58. The zero-order valence-corrected chi connectivity index (χ0v) is 8.61. The molecule has 0 spiro atoms. The number of halogens is 1. The van der Waals surface area contributed by atoms with Gasteiger partial charge in [0.15, 0.2) is 6.29 Å². The van der Waals surface area contributed by atoms with Crippen molar-refractivity contribution in [3.05, 3.63) is 53.2 Å². The van der Waals surface area contributed by atoms with Gasteiger partial charge in [-0.3, -0.25) is 9.78 Å². The number of aldehydes is 1. The Morgan fingerprint density at radius 1 is 1.20 bits per heavy atom. The quantitative estimate of drug-likeness (QED) is 0.723. The molecule has 15 heavy (non-hydrogen) atoms. The highest BCUT2D eigenvalue weighted by Crippen LogP contribution is 2.22. The first-order valence-electron chi connectivity index (χ1n) is 4.47. The molecule has 0 fully saturated rings. The predicted octanol–water partition coefficient (Wildman–Crippen LogP) is 3.21. The minimum atomic E-state index is 0.569. The first-order chi connectivity index (χ1) is 7.31. The SMILES string of the molecule is O=Cc1cccnc1-c1cccc(Cl)c1. The molecule has 2 nitrogen and oxygen atoms in total. The number of carbonyl (C=O) groups is 1. The third kappa shape index (κ3) is 2.05. The number of carbonyl (C=O) groups excluding carboxylic acids is 1. The normalized spacial score (nSPS) is 9.93. The Bertz CT molecular complexity index is 496. The van der Waals surface area contributed by atoms with Crippen LogP contribution in [0.15, 0.2) is 42.6 Å². The molecule has 1 aromatic carbocycles. The number of rotatable bonds is 2. The average molecular weight is 218 g/mol. The van der Waals surface area contributed by atoms with Crippen molar-refractivity contribution in [3.8, 4) is 11.3 Å². The van der Waals surface area contributed by atoms with E-state index < -0.39 is 0 Å². The van der Waals surface area contributed by atoms with Crippen molar-refractivity contribution in [1.82, 2.24) is 4.98 Å². The number of aromatic nitrogens is 1. The summed E-state index contributed by atoms with van der Waals surface area (Å²) >= 11 is 5.87. The lowest BCUT2D eigenvalue weighted by atomic mass is 10.1. The van der Waals surface area contributed by atoms with E-state index in [9.17, 15) is 4.79 Å². The molecule has 0 bridgehead atoms. The lowest BCUT2D eigenvalue weighted by molar-refractivity contribution is 0.112. The molecule has 1 aromatic heterocycles. The summed E-state index contributed by atoms with van der Waals surface area (Å²) in [6.07, 6.45) is 2.45. The summed E-state index contributed by atoms with van der Waals surface area (Å²) < 4.78 is 0. The highest BCUT2D eigenvalue weighted by Gasteiger charge is 2.04. The first kappa shape index (κ1) is 9.87. The van der Waals surface area contributed by atoms with Crippen LogP contribution in [0.5, 0.6) is 0 Å². The number of hydrogen-bond donors (Lipinski definition) is 0. The molecule has 0 aliphatic rings. The van der Waals surface area contributed by atoms with Crippen molar-refractivity contribution >= 4 is 17.9 Å². The molecule has 0 unspecified atom stereocenters. The fourth-order valence-electron chi connectivity index (χ4n) is 1.39. The van der Waals surface area contributed by atoms with Crippen LogP contribution in [0.1, 0.15) is 10.4 Å². The standard InChI is InChI=1S/C12H8ClNO/c13-11-5-1-3-9(7-11)12-10(8-15)4-2-6-14-12/h1-8H. The summed E-state index contributed by atoms with van der Waals surface area (Å²) in [6, 6.07) is 10.8. The van der Waals surface area contributed by atoms with E-state index in [0.717, 1.165) is 11.8 Å². The third-order valence-electron chi connectivity index (χ3n) is 2.06. The summed E-state index contributed by atoms with van der Waals surface area (Å²) in [6.45, 7) is 0. The van der Waals surface area contributed by atoms with E-state index in [1.807, 2.05) is 12.1 Å². The molecule has 2 aromatic rings. The van der Waals surface area contributed by atoms with E-state index in [2.05, 4.69) is 4.98 Å². The third-order valence-corrected chi connectivity index (χ3v) is 2.30. The fraction of sp³-hybridized carbons (Fsp3) is 0. The molecule has 0 amide bonds. The number of hydrogen-bond acceptors (Lipinski definition) is 2. The number of nitrogens with zero attached hydrogens (tertiary/aromatic N) is 1. The summed E-state index contributed by atoms with van der Waals surface area (Å²) in [7, 11) is 0. The van der Waals surface area contributed by atoms with Crippen molar-refractivity contribution < 1.29 is 4.79 Å². The molecule has 0 aliphatic carbocycles. The van der Waals surface area contributed by atoms with E-state index in [0.29, 0.717) is 16.3 Å². The van der Waals surface area contributed by atoms with Crippen LogP contribution in [0.3, 0.4) is 0 Å². The van der Waals surface area contributed by atoms with E-state index in [1.165, 1.54) is 0 Å². The number of pyridine rings is 1. The van der Waals surface area contributed by atoms with Crippen LogP contribution in [0.4, 0.5) is 0 Å². The molecular formula is C12H8ClNO. The largest absolute Gasteiger partial charge is 0.298 e. The Morgan fingerprint density at radius 3 is 2.80 bits per heavy atom. The van der Waals surface area contributed by atoms with Crippen molar-refractivity contribution in [2.75, 3.05) is 0 Å². The van der Waals surface area contributed by atoms with Crippen molar-refractivity contribution in [2.45, 2.75) is 0 Å². The zero-order chi connectivity index (χ0) is 10.7. The minimum absolute atomic E-state index is 0.569. The van der Waals surface area contributed by atoms with Gasteiger partial charge in [0.05, 0.1) is 5.69 Å². The summed E-state index contributed by atoms with van der Waals surface area (Å²) in [5.74, 6) is 0. The lowest BCUT2D eigenvalue weighted by Crippen LogP contribution is -1.90. The van der Waals surface area contributed by atoms with Crippen molar-refractivity contribution in [1.29, 1.82) is 0 Å². The van der Waals surface area contributed by atoms with Gasteiger partial charge in [-0.2, -0.15) is 0 Å². The average Bonchev–Trinajstić information content (AvgIpc) is 2.29. The van der Waals surface area contributed by atoms with Crippen LogP contribution in [0.25, 0.3) is 11.3 Å². The van der Waals surface area contributed by atoms with Crippen LogP contribution < -0.4 is 0 Å². The zero-order valence-electron chi connectivity index (χ0n) is 7.85. The smallest absolute Gasteiger partial charge is 0.152 e. The molecule has 74 valence electrons. The van der Waals surface area contributed by atoms with Crippen LogP contribution >= 0.6 is 11.6 Å². The molecule has 0 aliphatic heterocycles. The molecular weight excluding hydrogens is 210 g/mol. The lowest BCUT2D eigenvalue weighted by Gasteiger charge is -2.03. The van der Waals surface area contributed by atoms with Crippen LogP contribution in [-0.2, 0) is 0 Å². The summed E-state index contributed by atoms with van der Waals surface area (Å²) in [4.78, 5) is 15.0. The highest BCUT2D eigenvalue weighted by molar-refractivity contribution is 6.30. The van der Waals surface area contributed by atoms with E-state index in [1.54, 1.807) is 30.5 Å². The fourth-order valence-corrected chi connectivity index (χ4v) is 1.58. The van der Waals surface area contributed by atoms with Crippen molar-refractivity contribution in [2.24, 2.45) is 0 Å². The van der Waals surface area contributed by atoms with Crippen molar-refractivity contribution in [3.63, 3.8) is 0 Å². The van der Waals surface area contributed by atoms with Gasteiger partial charge in [-0.15, -0.1) is 0 Å². The molecule has 0 saturated heterocycles. The molecule has 0 atom stereocenters. The van der Waals surface area contributed by atoms with Crippen LogP contribution in [-0.4, -0.2) is 11.3 Å². The van der Waals surface area contributed by atoms with E-state index >= 15 is 0 Å². The van der Waals surface area contributed by atoms with Gasteiger partial charge in [0.2, 0.25) is 0 Å². The Hall–Kier alpha value is -1.67. The molecule has 3 heteroatoms. The second-order valence-corrected chi connectivity index (χ2v) is 3.51. The van der Waals surface area contributed by atoms with Gasteiger partial charge in [0.1, 0.15) is 0 Å². The molecule has 0 radical (unpaired) electrons. The highest BCUT2D eigenvalue weighted by atomic mass is 35.5. The van der Waals surface area contributed by atoms with Gasteiger partial charge < -0.3 is 0 Å². The molecule has 2 rings (SSSR count). The molecule has 0 saturated carbocycles. The molecule has 1 heterocycles. The summed E-state index contributed by atoms with van der Waals surface area (Å²) in [5, 5.41) is 0.634. The predicted molar refractivity (Wildman–Crippen MR) is 60.1 cm³/mol. The maximum absolute atomic E-state index is 10.8. The van der Waals surface area contributed by atoms with E-state index in [4.69, 9.17) is 11.6 Å². The van der Waals surface area contributed by atoms with E-state index in [-0.39, 0.29) is 0 Å².